The molecule has 2 rings (SSSR count). The van der Waals surface area contributed by atoms with E-state index in [1.165, 1.54) is 6.42 Å². The van der Waals surface area contributed by atoms with Gasteiger partial charge in [0.15, 0.2) is 0 Å². The topological polar surface area (TPSA) is 38.0 Å². The van der Waals surface area contributed by atoms with E-state index in [2.05, 4.69) is 34.9 Å². The van der Waals surface area contributed by atoms with Crippen LogP contribution < -0.4 is 0 Å². The predicted molar refractivity (Wildman–Crippen MR) is 76.4 cm³/mol. The zero-order chi connectivity index (χ0) is 13.2. The van der Waals surface area contributed by atoms with E-state index in [0.29, 0.717) is 0 Å². The lowest BCUT2D eigenvalue weighted by molar-refractivity contribution is -0.0227. The third-order valence-electron chi connectivity index (χ3n) is 4.18. The molecule has 0 aliphatic heterocycles. The third-order valence-corrected chi connectivity index (χ3v) is 4.76. The second-order valence-electron chi connectivity index (χ2n) is 5.45. The lowest BCUT2D eigenvalue weighted by Gasteiger charge is -2.36. The van der Waals surface area contributed by atoms with E-state index < -0.39 is 5.60 Å². The Labute approximate surface area is 118 Å². The van der Waals surface area contributed by atoms with Gasteiger partial charge in [0, 0.05) is 6.54 Å². The Morgan fingerprint density at radius 1 is 1.44 bits per heavy atom. The van der Waals surface area contributed by atoms with E-state index in [1.807, 2.05) is 10.9 Å². The summed E-state index contributed by atoms with van der Waals surface area (Å²) in [6.07, 6.45) is 8.04. The minimum atomic E-state index is -0.684. The van der Waals surface area contributed by atoms with Crippen LogP contribution in [0.2, 0.25) is 0 Å². The summed E-state index contributed by atoms with van der Waals surface area (Å²) in [7, 11) is 0. The van der Waals surface area contributed by atoms with Crippen molar-refractivity contribution >= 4 is 15.9 Å². The first kappa shape index (κ1) is 14.1. The van der Waals surface area contributed by atoms with Gasteiger partial charge in [-0.2, -0.15) is 5.10 Å². The molecule has 1 fully saturated rings. The van der Waals surface area contributed by atoms with Gasteiger partial charge in [0.1, 0.15) is 5.60 Å². The number of aromatic nitrogens is 2. The Morgan fingerprint density at radius 3 is 2.67 bits per heavy atom. The van der Waals surface area contributed by atoms with Gasteiger partial charge in [-0.1, -0.05) is 20.3 Å². The molecule has 1 heterocycles. The zero-order valence-electron chi connectivity index (χ0n) is 11.3. The molecule has 0 aromatic carbocycles. The molecule has 0 atom stereocenters. The fourth-order valence-electron chi connectivity index (χ4n) is 3.01. The van der Waals surface area contributed by atoms with Gasteiger partial charge < -0.3 is 5.11 Å². The maximum atomic E-state index is 10.9. The molecule has 4 heteroatoms. The van der Waals surface area contributed by atoms with Crippen LogP contribution in [0.3, 0.4) is 0 Å². The highest BCUT2D eigenvalue weighted by molar-refractivity contribution is 9.10. The second kappa shape index (κ2) is 5.74. The average Bonchev–Trinajstić information content (AvgIpc) is 2.73. The van der Waals surface area contributed by atoms with Gasteiger partial charge in [-0.3, -0.25) is 4.68 Å². The van der Waals surface area contributed by atoms with Gasteiger partial charge >= 0.3 is 0 Å². The summed E-state index contributed by atoms with van der Waals surface area (Å²) < 4.78 is 2.92. The Kier molecular flexibility index (Phi) is 4.49. The summed E-state index contributed by atoms with van der Waals surface area (Å²) in [6.45, 7) is 5.25. The smallest absolute Gasteiger partial charge is 0.107 e. The number of aryl methyl sites for hydroxylation is 1. The van der Waals surface area contributed by atoms with Crippen molar-refractivity contribution in [3.63, 3.8) is 0 Å². The summed E-state index contributed by atoms with van der Waals surface area (Å²) in [5.74, 6) is 0.784. The molecule has 0 bridgehead atoms. The summed E-state index contributed by atoms with van der Waals surface area (Å²) >= 11 is 3.55. The van der Waals surface area contributed by atoms with Crippen LogP contribution in [0.15, 0.2) is 10.7 Å². The van der Waals surface area contributed by atoms with Crippen molar-refractivity contribution in [1.29, 1.82) is 0 Å². The maximum Gasteiger partial charge on any atom is 0.107 e. The first-order valence-corrected chi connectivity index (χ1v) is 7.84. The third kappa shape index (κ3) is 2.64. The van der Waals surface area contributed by atoms with Crippen molar-refractivity contribution in [1.82, 2.24) is 9.78 Å². The Morgan fingerprint density at radius 2 is 2.11 bits per heavy atom. The van der Waals surface area contributed by atoms with Crippen molar-refractivity contribution in [2.45, 2.75) is 64.5 Å². The van der Waals surface area contributed by atoms with Crippen LogP contribution >= 0.6 is 15.9 Å². The normalized spacial score (nSPS) is 28.6. The molecular formula is C14H23BrN2O. The highest BCUT2D eigenvalue weighted by atomic mass is 79.9. The molecule has 0 radical (unpaired) electrons. The fourth-order valence-corrected chi connectivity index (χ4v) is 3.67. The number of nitrogens with zero attached hydrogens (tertiary/aromatic N) is 2. The molecule has 0 spiro atoms. The van der Waals surface area contributed by atoms with Gasteiger partial charge in [-0.25, -0.2) is 0 Å². The van der Waals surface area contributed by atoms with Crippen molar-refractivity contribution in [3.8, 4) is 0 Å². The number of halogens is 1. The summed E-state index contributed by atoms with van der Waals surface area (Å²) in [5, 5.41) is 15.3. The highest BCUT2D eigenvalue weighted by Gasteiger charge is 2.38. The summed E-state index contributed by atoms with van der Waals surface area (Å²) in [5.41, 5.74) is 0.301. The number of rotatable bonds is 4. The van der Waals surface area contributed by atoms with Gasteiger partial charge in [-0.15, -0.1) is 0 Å². The van der Waals surface area contributed by atoms with E-state index in [9.17, 15) is 5.11 Å². The molecule has 0 saturated heterocycles. The minimum Gasteiger partial charge on any atom is -0.384 e. The Balaban J connectivity index is 2.22. The van der Waals surface area contributed by atoms with E-state index in [4.69, 9.17) is 0 Å². The van der Waals surface area contributed by atoms with Crippen LogP contribution in [0.1, 0.15) is 58.1 Å². The number of hydrogen-bond acceptors (Lipinski definition) is 2. The van der Waals surface area contributed by atoms with E-state index in [-0.39, 0.29) is 0 Å². The lowest BCUT2D eigenvalue weighted by Crippen LogP contribution is -2.34. The molecule has 1 aromatic heterocycles. The van der Waals surface area contributed by atoms with Crippen molar-refractivity contribution in [3.05, 3.63) is 16.4 Å². The van der Waals surface area contributed by atoms with E-state index in [0.717, 1.165) is 54.7 Å². The van der Waals surface area contributed by atoms with Crippen molar-refractivity contribution < 1.29 is 5.11 Å². The van der Waals surface area contributed by atoms with E-state index in [1.54, 1.807) is 0 Å². The van der Waals surface area contributed by atoms with Gasteiger partial charge in [-0.05, 0) is 54.0 Å². The molecule has 1 aliphatic rings. The monoisotopic (exact) mass is 314 g/mol. The predicted octanol–water partition coefficient (Wildman–Crippen LogP) is 3.84. The molecule has 1 aliphatic carbocycles. The largest absolute Gasteiger partial charge is 0.384 e. The van der Waals surface area contributed by atoms with Crippen molar-refractivity contribution in [2.75, 3.05) is 0 Å². The highest BCUT2D eigenvalue weighted by Crippen LogP contribution is 2.42. The quantitative estimate of drug-likeness (QED) is 0.916. The van der Waals surface area contributed by atoms with Crippen LogP contribution in [0.5, 0.6) is 0 Å². The zero-order valence-corrected chi connectivity index (χ0v) is 12.9. The van der Waals surface area contributed by atoms with Crippen LogP contribution in [-0.4, -0.2) is 14.9 Å². The van der Waals surface area contributed by atoms with Crippen molar-refractivity contribution in [2.24, 2.45) is 5.92 Å². The molecule has 1 N–H and O–H groups in total. The molecule has 3 nitrogen and oxygen atoms in total. The van der Waals surface area contributed by atoms with Crippen LogP contribution in [0.25, 0.3) is 0 Å². The molecule has 0 unspecified atom stereocenters. The summed E-state index contributed by atoms with van der Waals surface area (Å²) in [4.78, 5) is 0. The molecule has 1 aromatic rings. The van der Waals surface area contributed by atoms with Crippen LogP contribution in [-0.2, 0) is 12.1 Å². The summed E-state index contributed by atoms with van der Waals surface area (Å²) in [6, 6.07) is 0. The van der Waals surface area contributed by atoms with Gasteiger partial charge in [0.25, 0.3) is 0 Å². The average molecular weight is 315 g/mol. The molecule has 0 amide bonds. The molecule has 1 saturated carbocycles. The number of aliphatic hydroxyl groups is 1. The maximum absolute atomic E-state index is 10.9. The van der Waals surface area contributed by atoms with E-state index >= 15 is 0 Å². The first-order valence-electron chi connectivity index (χ1n) is 7.05. The Bertz CT molecular complexity index is 394. The number of hydrogen-bond donors (Lipinski definition) is 1. The van der Waals surface area contributed by atoms with Gasteiger partial charge in [0.2, 0.25) is 0 Å². The molecule has 102 valence electrons. The first-order chi connectivity index (χ1) is 8.60. The Hall–Kier alpha value is -0.350. The van der Waals surface area contributed by atoms with Crippen LogP contribution in [0, 0.1) is 5.92 Å². The standard InChI is InChI=1S/C14H23BrN2O/c1-3-9-17-13(12(15)10-16-17)14(18)7-5-11(4-2)6-8-14/h10-11,18H,3-9H2,1-2H3. The fraction of sp³-hybridized carbons (Fsp3) is 0.786. The molecular weight excluding hydrogens is 292 g/mol. The molecule has 18 heavy (non-hydrogen) atoms. The second-order valence-corrected chi connectivity index (χ2v) is 6.30. The van der Waals surface area contributed by atoms with Crippen LogP contribution in [0.4, 0.5) is 0 Å². The minimum absolute atomic E-state index is 0.684. The lowest BCUT2D eigenvalue weighted by atomic mass is 9.76. The van der Waals surface area contributed by atoms with Gasteiger partial charge in [0.05, 0.1) is 16.4 Å². The SMILES string of the molecule is CCCn1ncc(Br)c1C1(O)CCC(CC)CC1.